The van der Waals surface area contributed by atoms with Gasteiger partial charge in [-0.3, -0.25) is 14.5 Å². The molecule has 0 saturated carbocycles. The van der Waals surface area contributed by atoms with E-state index in [2.05, 4.69) is 37.9 Å². The molecule has 0 aliphatic carbocycles. The summed E-state index contributed by atoms with van der Waals surface area (Å²) in [6.07, 6.45) is 0.313. The third-order valence-electron chi connectivity index (χ3n) is 3.08. The van der Waals surface area contributed by atoms with Crippen molar-refractivity contribution in [2.75, 3.05) is 13.1 Å². The van der Waals surface area contributed by atoms with Gasteiger partial charge in [-0.1, -0.05) is 6.92 Å². The number of carboxylic acid groups (broad SMARTS) is 1. The maximum atomic E-state index is 11.6. The Kier molecular flexibility index (Phi) is 8.39. The smallest absolute Gasteiger partial charge is 0.303 e. The van der Waals surface area contributed by atoms with Crippen molar-refractivity contribution in [1.82, 2.24) is 10.2 Å². The summed E-state index contributed by atoms with van der Waals surface area (Å²) in [5.74, 6) is -1.05. The summed E-state index contributed by atoms with van der Waals surface area (Å²) in [7, 11) is 0. The van der Waals surface area contributed by atoms with Crippen LogP contribution in [-0.2, 0) is 9.59 Å². The molecule has 19 heavy (non-hydrogen) atoms. The van der Waals surface area contributed by atoms with Crippen LogP contribution >= 0.6 is 0 Å². The molecule has 2 N–H and O–H groups in total. The molecule has 5 heteroatoms. The lowest BCUT2D eigenvalue weighted by Gasteiger charge is -2.30. The Bertz CT molecular complexity index is 282. The predicted octanol–water partition coefficient (Wildman–Crippen LogP) is 1.72. The molecule has 0 radical (unpaired) electrons. The number of hydrogen-bond acceptors (Lipinski definition) is 3. The molecule has 0 aromatic carbocycles. The average Bonchev–Trinajstić information content (AvgIpc) is 2.21. The first-order valence-electron chi connectivity index (χ1n) is 6.98. The number of rotatable bonds is 9. The summed E-state index contributed by atoms with van der Waals surface area (Å²) in [5.41, 5.74) is 0. The van der Waals surface area contributed by atoms with E-state index in [1.54, 1.807) is 6.92 Å². The van der Waals surface area contributed by atoms with Crippen LogP contribution in [0.3, 0.4) is 0 Å². The molecule has 0 spiro atoms. The van der Waals surface area contributed by atoms with Crippen molar-refractivity contribution in [3.63, 3.8) is 0 Å². The van der Waals surface area contributed by atoms with Gasteiger partial charge in [0, 0.05) is 38.0 Å². The van der Waals surface area contributed by atoms with Crippen LogP contribution in [0.4, 0.5) is 0 Å². The van der Waals surface area contributed by atoms with Crippen LogP contribution < -0.4 is 5.32 Å². The zero-order valence-corrected chi connectivity index (χ0v) is 12.8. The van der Waals surface area contributed by atoms with Gasteiger partial charge in [-0.15, -0.1) is 0 Å². The van der Waals surface area contributed by atoms with E-state index < -0.39 is 5.97 Å². The molecule has 0 aliphatic rings. The van der Waals surface area contributed by atoms with Crippen molar-refractivity contribution in [1.29, 1.82) is 0 Å². The maximum Gasteiger partial charge on any atom is 0.303 e. The minimum atomic E-state index is -0.855. The number of nitrogens with zero attached hydrogens (tertiary/aromatic N) is 1. The normalized spacial score (nSPS) is 13.1. The lowest BCUT2D eigenvalue weighted by atomic mass is 10.0. The van der Waals surface area contributed by atoms with Crippen LogP contribution in [0.15, 0.2) is 0 Å². The Balaban J connectivity index is 3.93. The van der Waals surface area contributed by atoms with Gasteiger partial charge in [0.2, 0.25) is 5.91 Å². The fraction of sp³-hybridized carbons (Fsp3) is 0.857. The predicted molar refractivity (Wildman–Crippen MR) is 76.0 cm³/mol. The van der Waals surface area contributed by atoms with Crippen LogP contribution in [0.25, 0.3) is 0 Å². The molecule has 0 aliphatic heterocycles. The number of hydrogen-bond donors (Lipinski definition) is 2. The summed E-state index contributed by atoms with van der Waals surface area (Å²) < 4.78 is 0. The van der Waals surface area contributed by atoms with Crippen LogP contribution in [0.1, 0.15) is 47.5 Å². The highest BCUT2D eigenvalue weighted by atomic mass is 16.4. The van der Waals surface area contributed by atoms with Crippen LogP contribution in [-0.4, -0.2) is 47.1 Å². The van der Waals surface area contributed by atoms with E-state index in [1.165, 1.54) is 0 Å². The average molecular weight is 272 g/mol. The third-order valence-corrected chi connectivity index (χ3v) is 3.08. The molecular formula is C14H28N2O3. The molecule has 0 bridgehead atoms. The number of amides is 1. The molecule has 1 unspecified atom stereocenters. The number of carboxylic acids is 1. The van der Waals surface area contributed by atoms with Crippen molar-refractivity contribution in [2.24, 2.45) is 5.92 Å². The largest absolute Gasteiger partial charge is 0.481 e. The molecular weight excluding hydrogens is 244 g/mol. The van der Waals surface area contributed by atoms with E-state index >= 15 is 0 Å². The van der Waals surface area contributed by atoms with Crippen molar-refractivity contribution in [3.05, 3.63) is 0 Å². The van der Waals surface area contributed by atoms with E-state index in [1.807, 2.05) is 0 Å². The lowest BCUT2D eigenvalue weighted by molar-refractivity contribution is -0.138. The van der Waals surface area contributed by atoms with Crippen molar-refractivity contribution in [2.45, 2.75) is 59.5 Å². The van der Waals surface area contributed by atoms with Gasteiger partial charge in [0.1, 0.15) is 0 Å². The monoisotopic (exact) mass is 272 g/mol. The van der Waals surface area contributed by atoms with Gasteiger partial charge >= 0.3 is 5.97 Å². The van der Waals surface area contributed by atoms with E-state index in [9.17, 15) is 9.59 Å². The molecule has 0 aromatic heterocycles. The minimum absolute atomic E-state index is 0.0392. The van der Waals surface area contributed by atoms with E-state index in [0.29, 0.717) is 18.6 Å². The fourth-order valence-electron chi connectivity index (χ4n) is 2.20. The zero-order valence-electron chi connectivity index (χ0n) is 12.8. The van der Waals surface area contributed by atoms with E-state index in [-0.39, 0.29) is 24.7 Å². The highest BCUT2D eigenvalue weighted by Gasteiger charge is 2.15. The zero-order chi connectivity index (χ0) is 15.0. The van der Waals surface area contributed by atoms with E-state index in [0.717, 1.165) is 6.54 Å². The maximum absolute atomic E-state index is 11.6. The first kappa shape index (κ1) is 17.9. The second kappa shape index (κ2) is 8.91. The molecule has 112 valence electrons. The second-order valence-corrected chi connectivity index (χ2v) is 5.68. The summed E-state index contributed by atoms with van der Waals surface area (Å²) in [4.78, 5) is 24.4. The van der Waals surface area contributed by atoms with Crippen LogP contribution in [0.5, 0.6) is 0 Å². The second-order valence-electron chi connectivity index (χ2n) is 5.68. The number of aliphatic carboxylic acids is 1. The van der Waals surface area contributed by atoms with Gasteiger partial charge in [-0.25, -0.2) is 0 Å². The number of nitrogens with one attached hydrogen (secondary N) is 1. The van der Waals surface area contributed by atoms with Crippen molar-refractivity contribution < 1.29 is 14.7 Å². The molecule has 1 amide bonds. The standard InChI is InChI=1S/C14H28N2O3/c1-10(2)16(11(3)4)7-6-15-13(17)8-12(5)9-14(18)19/h10-12H,6-9H2,1-5H3,(H,15,17)(H,18,19). The summed E-state index contributed by atoms with van der Waals surface area (Å²) >= 11 is 0. The molecule has 0 fully saturated rings. The molecule has 0 rings (SSSR count). The van der Waals surface area contributed by atoms with Gasteiger partial charge in [0.25, 0.3) is 0 Å². The fourth-order valence-corrected chi connectivity index (χ4v) is 2.20. The topological polar surface area (TPSA) is 69.6 Å². The molecule has 1 atom stereocenters. The van der Waals surface area contributed by atoms with Crippen molar-refractivity contribution >= 4 is 11.9 Å². The number of carbonyl (C=O) groups is 2. The number of carbonyl (C=O) groups excluding carboxylic acids is 1. The van der Waals surface area contributed by atoms with Crippen LogP contribution in [0, 0.1) is 5.92 Å². The van der Waals surface area contributed by atoms with Gasteiger partial charge in [0.05, 0.1) is 0 Å². The SMILES string of the molecule is CC(CC(=O)O)CC(=O)NCCN(C(C)C)C(C)C. The quantitative estimate of drug-likeness (QED) is 0.670. The third kappa shape index (κ3) is 8.59. The summed E-state index contributed by atoms with van der Waals surface area (Å²) in [5, 5.41) is 11.5. The Labute approximate surface area is 116 Å². The molecule has 5 nitrogen and oxygen atoms in total. The van der Waals surface area contributed by atoms with Gasteiger partial charge in [-0.2, -0.15) is 0 Å². The Morgan fingerprint density at radius 3 is 2.00 bits per heavy atom. The van der Waals surface area contributed by atoms with Gasteiger partial charge in [0.15, 0.2) is 0 Å². The minimum Gasteiger partial charge on any atom is -0.481 e. The first-order valence-corrected chi connectivity index (χ1v) is 6.98. The molecule has 0 aromatic rings. The van der Waals surface area contributed by atoms with E-state index in [4.69, 9.17) is 5.11 Å². The Morgan fingerprint density at radius 1 is 1.05 bits per heavy atom. The molecule has 0 saturated heterocycles. The Morgan fingerprint density at radius 2 is 1.58 bits per heavy atom. The summed E-state index contributed by atoms with van der Waals surface area (Å²) in [6, 6.07) is 0.894. The molecule has 0 heterocycles. The van der Waals surface area contributed by atoms with Gasteiger partial charge < -0.3 is 10.4 Å². The van der Waals surface area contributed by atoms with Crippen LogP contribution in [0.2, 0.25) is 0 Å². The lowest BCUT2D eigenvalue weighted by Crippen LogP contribution is -2.42. The van der Waals surface area contributed by atoms with Crippen molar-refractivity contribution in [3.8, 4) is 0 Å². The first-order chi connectivity index (χ1) is 8.73. The highest BCUT2D eigenvalue weighted by Crippen LogP contribution is 2.07. The van der Waals surface area contributed by atoms with Gasteiger partial charge in [-0.05, 0) is 33.6 Å². The highest BCUT2D eigenvalue weighted by molar-refractivity contribution is 5.77. The Hall–Kier alpha value is -1.10. The summed E-state index contributed by atoms with van der Waals surface area (Å²) in [6.45, 7) is 11.7.